The van der Waals surface area contributed by atoms with Crippen LogP contribution in [0.2, 0.25) is 0 Å². The van der Waals surface area contributed by atoms with Gasteiger partial charge in [-0.1, -0.05) is 39.7 Å². The molecule has 1 unspecified atom stereocenters. The first-order valence-corrected chi connectivity index (χ1v) is 12.7. The van der Waals surface area contributed by atoms with E-state index in [-0.39, 0.29) is 11.3 Å². The van der Waals surface area contributed by atoms with E-state index in [9.17, 15) is 14.7 Å². The number of amides is 1. The third kappa shape index (κ3) is 6.05. The topological polar surface area (TPSA) is 92.2 Å². The molecule has 3 rings (SSSR count). The second-order valence-corrected chi connectivity index (χ2v) is 8.72. The molecular weight excluding hydrogens is 458 g/mol. The molecule has 1 fully saturated rings. The fourth-order valence-corrected chi connectivity index (χ4v) is 4.42. The summed E-state index contributed by atoms with van der Waals surface area (Å²) in [7, 11) is 1.56. The van der Waals surface area contributed by atoms with Crippen molar-refractivity contribution in [3.8, 4) is 11.5 Å². The predicted molar refractivity (Wildman–Crippen MR) is 139 cm³/mol. The molecule has 0 aliphatic carbocycles. The maximum absolute atomic E-state index is 13.2. The summed E-state index contributed by atoms with van der Waals surface area (Å²) < 4.78 is 11.5. The zero-order chi connectivity index (χ0) is 26.1. The molecule has 1 N–H and O–H groups in total. The van der Waals surface area contributed by atoms with Crippen molar-refractivity contribution in [1.29, 1.82) is 0 Å². The molecule has 1 aliphatic rings. The fourth-order valence-electron chi connectivity index (χ4n) is 4.42. The number of carbonyl (C=O) groups excluding carboxylic acids is 2. The van der Waals surface area contributed by atoms with Crippen molar-refractivity contribution in [1.82, 2.24) is 14.8 Å². The van der Waals surface area contributed by atoms with Gasteiger partial charge in [0.2, 0.25) is 0 Å². The monoisotopic (exact) mass is 495 g/mol. The summed E-state index contributed by atoms with van der Waals surface area (Å²) in [6.07, 6.45) is 6.19. The molecule has 0 bridgehead atoms. The van der Waals surface area contributed by atoms with Gasteiger partial charge in [0, 0.05) is 31.0 Å². The first kappa shape index (κ1) is 27.2. The van der Waals surface area contributed by atoms with Crippen LogP contribution in [0.5, 0.6) is 11.5 Å². The number of aliphatic hydroxyl groups is 1. The zero-order valence-electron chi connectivity index (χ0n) is 21.7. The van der Waals surface area contributed by atoms with Gasteiger partial charge < -0.3 is 24.4 Å². The van der Waals surface area contributed by atoms with E-state index >= 15 is 0 Å². The molecule has 8 heteroatoms. The number of rotatable bonds is 13. The van der Waals surface area contributed by atoms with Crippen LogP contribution in [0.1, 0.15) is 57.2 Å². The van der Waals surface area contributed by atoms with Crippen molar-refractivity contribution >= 4 is 17.4 Å². The van der Waals surface area contributed by atoms with Crippen LogP contribution in [0.4, 0.5) is 0 Å². The standard InChI is InChI=1S/C28H37N3O5/c1-5-8-9-18-36-22-11-10-21(19-23(22)35-4)25-24(26(32)20-12-14-29-15-13-20)27(33)28(34)31(25)17-16-30(6-2)7-3/h10-15,19,25,32H,5-9,16-18H2,1-4H3/b26-24+. The number of pyridine rings is 1. The minimum absolute atomic E-state index is 0.0596. The average molecular weight is 496 g/mol. The van der Waals surface area contributed by atoms with E-state index in [0.717, 1.165) is 32.4 Å². The lowest BCUT2D eigenvalue weighted by atomic mass is 9.95. The second kappa shape index (κ2) is 13.1. The van der Waals surface area contributed by atoms with Crippen molar-refractivity contribution in [2.24, 2.45) is 0 Å². The number of carbonyl (C=O) groups is 2. The van der Waals surface area contributed by atoms with Crippen LogP contribution in [-0.4, -0.2) is 71.5 Å². The summed E-state index contributed by atoms with van der Waals surface area (Å²) >= 11 is 0. The maximum atomic E-state index is 13.2. The van der Waals surface area contributed by atoms with E-state index in [2.05, 4.69) is 30.7 Å². The molecule has 1 atom stereocenters. The first-order chi connectivity index (χ1) is 17.5. The Bertz CT molecular complexity index is 1070. The Kier molecular flexibility index (Phi) is 9.87. The van der Waals surface area contributed by atoms with Crippen LogP contribution in [0.3, 0.4) is 0 Å². The Morgan fingerprint density at radius 1 is 1.06 bits per heavy atom. The molecule has 1 saturated heterocycles. The molecule has 1 aromatic carbocycles. The van der Waals surface area contributed by atoms with Gasteiger partial charge in [0.25, 0.3) is 11.7 Å². The van der Waals surface area contributed by atoms with Gasteiger partial charge in [0.15, 0.2) is 11.5 Å². The fraction of sp³-hybridized carbons (Fsp3) is 0.464. The summed E-state index contributed by atoms with van der Waals surface area (Å²) in [5.74, 6) is -0.423. The van der Waals surface area contributed by atoms with E-state index in [1.807, 2.05) is 6.07 Å². The van der Waals surface area contributed by atoms with E-state index in [4.69, 9.17) is 9.47 Å². The molecule has 8 nitrogen and oxygen atoms in total. The molecule has 36 heavy (non-hydrogen) atoms. The Hall–Kier alpha value is -3.39. The largest absolute Gasteiger partial charge is 0.507 e. The lowest BCUT2D eigenvalue weighted by Gasteiger charge is -2.28. The highest BCUT2D eigenvalue weighted by Crippen LogP contribution is 2.41. The summed E-state index contributed by atoms with van der Waals surface area (Å²) in [6, 6.07) is 7.90. The van der Waals surface area contributed by atoms with E-state index in [1.54, 1.807) is 36.3 Å². The predicted octanol–water partition coefficient (Wildman–Crippen LogP) is 4.42. The molecular formula is C28H37N3O5. The SMILES string of the molecule is CCCCCOc1ccc(C2/C(=C(\O)c3ccncc3)C(=O)C(=O)N2CCN(CC)CC)cc1OC. The Morgan fingerprint density at radius 3 is 2.42 bits per heavy atom. The minimum Gasteiger partial charge on any atom is -0.507 e. The minimum atomic E-state index is -0.753. The molecule has 1 aliphatic heterocycles. The van der Waals surface area contributed by atoms with Gasteiger partial charge in [-0.05, 0) is 49.3 Å². The number of benzene rings is 1. The third-order valence-corrected chi connectivity index (χ3v) is 6.55. The first-order valence-electron chi connectivity index (χ1n) is 12.7. The summed E-state index contributed by atoms with van der Waals surface area (Å²) in [5, 5.41) is 11.2. The quantitative estimate of drug-likeness (QED) is 0.190. The molecule has 1 aromatic heterocycles. The van der Waals surface area contributed by atoms with E-state index < -0.39 is 17.7 Å². The summed E-state index contributed by atoms with van der Waals surface area (Å²) in [6.45, 7) is 9.46. The zero-order valence-corrected chi connectivity index (χ0v) is 21.7. The Balaban J connectivity index is 2.04. The highest BCUT2D eigenvalue weighted by atomic mass is 16.5. The number of hydrogen-bond donors (Lipinski definition) is 1. The number of likely N-dealkylation sites (tertiary alicyclic amines) is 1. The third-order valence-electron chi connectivity index (χ3n) is 6.55. The van der Waals surface area contributed by atoms with Gasteiger partial charge in [-0.25, -0.2) is 0 Å². The van der Waals surface area contributed by atoms with Gasteiger partial charge in [-0.3, -0.25) is 14.6 Å². The summed E-state index contributed by atoms with van der Waals surface area (Å²) in [4.78, 5) is 34.1. The maximum Gasteiger partial charge on any atom is 0.295 e. The van der Waals surface area contributed by atoms with Crippen molar-refractivity contribution in [2.75, 3.05) is 39.9 Å². The average Bonchev–Trinajstić information content (AvgIpc) is 3.16. The number of ketones is 1. The van der Waals surface area contributed by atoms with Gasteiger partial charge in [-0.15, -0.1) is 0 Å². The number of ether oxygens (including phenoxy) is 2. The van der Waals surface area contributed by atoms with Crippen LogP contribution in [0.15, 0.2) is 48.3 Å². The number of aliphatic hydroxyl groups excluding tert-OH is 1. The van der Waals surface area contributed by atoms with Crippen molar-refractivity contribution in [3.63, 3.8) is 0 Å². The van der Waals surface area contributed by atoms with Crippen LogP contribution in [0.25, 0.3) is 5.76 Å². The highest BCUT2D eigenvalue weighted by molar-refractivity contribution is 6.46. The smallest absolute Gasteiger partial charge is 0.295 e. The molecule has 194 valence electrons. The summed E-state index contributed by atoms with van der Waals surface area (Å²) in [5.41, 5.74) is 1.16. The molecule has 1 amide bonds. The lowest BCUT2D eigenvalue weighted by molar-refractivity contribution is -0.140. The molecule has 2 heterocycles. The van der Waals surface area contributed by atoms with Gasteiger partial charge in [-0.2, -0.15) is 0 Å². The van der Waals surface area contributed by atoms with E-state index in [0.29, 0.717) is 42.3 Å². The van der Waals surface area contributed by atoms with Crippen LogP contribution < -0.4 is 9.47 Å². The Morgan fingerprint density at radius 2 is 1.78 bits per heavy atom. The van der Waals surface area contributed by atoms with Crippen molar-refractivity contribution in [2.45, 2.75) is 46.1 Å². The second-order valence-electron chi connectivity index (χ2n) is 8.72. The van der Waals surface area contributed by atoms with E-state index in [1.165, 1.54) is 12.4 Å². The van der Waals surface area contributed by atoms with Gasteiger partial charge in [0.05, 0.1) is 25.3 Å². The number of aromatic nitrogens is 1. The molecule has 0 saturated carbocycles. The van der Waals surface area contributed by atoms with Crippen LogP contribution in [0, 0.1) is 0 Å². The van der Waals surface area contributed by atoms with Crippen molar-refractivity contribution in [3.05, 3.63) is 59.4 Å². The van der Waals surface area contributed by atoms with Gasteiger partial charge in [0.1, 0.15) is 5.76 Å². The molecule has 0 radical (unpaired) electrons. The number of likely N-dealkylation sites (N-methyl/N-ethyl adjacent to an activating group) is 1. The normalized spacial score (nSPS) is 17.1. The Labute approximate surface area is 213 Å². The lowest BCUT2D eigenvalue weighted by Crippen LogP contribution is -2.38. The van der Waals surface area contributed by atoms with Crippen molar-refractivity contribution < 1.29 is 24.2 Å². The highest BCUT2D eigenvalue weighted by Gasteiger charge is 2.46. The van der Waals surface area contributed by atoms with Gasteiger partial charge >= 0.3 is 0 Å². The number of nitrogens with zero attached hydrogens (tertiary/aromatic N) is 3. The molecule has 0 spiro atoms. The van der Waals surface area contributed by atoms with Crippen LogP contribution >= 0.6 is 0 Å². The number of unbranched alkanes of at least 4 members (excludes halogenated alkanes) is 2. The molecule has 2 aromatic rings. The van der Waals surface area contributed by atoms with Crippen LogP contribution in [-0.2, 0) is 9.59 Å². The number of Topliss-reactive ketones (excluding diaryl/α,β-unsaturated/α-hetero) is 1. The number of methoxy groups -OCH3 is 1. The number of hydrogen-bond acceptors (Lipinski definition) is 7.